The monoisotopic (exact) mass is 1040 g/mol. The lowest BCUT2D eigenvalue weighted by atomic mass is 9.93. The molecule has 0 heterocycles. The lowest BCUT2D eigenvalue weighted by Crippen LogP contribution is -2.37. The first-order valence-electron chi connectivity index (χ1n) is 25.3. The lowest BCUT2D eigenvalue weighted by Gasteiger charge is -2.23. The molecule has 0 aromatic rings. The molecule has 0 aliphatic rings. The number of hydrogen-bond donors (Lipinski definition) is 16. The van der Waals surface area contributed by atoms with Crippen LogP contribution in [0.1, 0.15) is 149 Å². The van der Waals surface area contributed by atoms with Crippen molar-refractivity contribution in [3.05, 3.63) is 0 Å². The molecule has 16 N–H and O–H groups in total. The Morgan fingerprint density at radius 2 is 0.522 bits per heavy atom. The highest BCUT2D eigenvalue weighted by Gasteiger charge is 2.26. The molecular formula is C49H114O19S. The summed E-state index contributed by atoms with van der Waals surface area (Å²) in [7, 11) is 1.00. The van der Waals surface area contributed by atoms with Gasteiger partial charge in [0.2, 0.25) is 0 Å². The van der Waals surface area contributed by atoms with Crippen LogP contribution in [0.25, 0.3) is 0 Å². The summed E-state index contributed by atoms with van der Waals surface area (Å²) in [6.07, 6.45) is 26.0. The molecule has 0 spiro atoms. The molecule has 19 nitrogen and oxygen atoms in total. The van der Waals surface area contributed by atoms with E-state index in [0.29, 0.717) is 46.2 Å². The summed E-state index contributed by atoms with van der Waals surface area (Å²) in [6.45, 7) is 8.14. The number of rotatable bonds is 42. The summed E-state index contributed by atoms with van der Waals surface area (Å²) in [4.78, 5) is 0. The van der Waals surface area contributed by atoms with E-state index in [1.165, 1.54) is 96.3 Å². The normalized spacial score (nSPS) is 10.4. The SMILES string of the molecule is CC(C)(CO)CO.CCCCCCCCCCCCCCCCCCO.CO.OCC(CO)(CO)CO.OCCCCCCO.OCCOCCO.OCCOCCOCCO.OCCSCCO. The zero-order chi connectivity index (χ0) is 54.2. The molecule has 0 radical (unpaired) electrons. The topological polar surface area (TPSA) is 351 Å². The third kappa shape index (κ3) is 101. The Labute approximate surface area is 423 Å². The van der Waals surface area contributed by atoms with E-state index in [1.807, 2.05) is 0 Å². The van der Waals surface area contributed by atoms with Gasteiger partial charge < -0.3 is 95.9 Å². The van der Waals surface area contributed by atoms with Crippen molar-refractivity contribution in [3.8, 4) is 0 Å². The quantitative estimate of drug-likeness (QED) is 0.0389. The molecule has 430 valence electrons. The number of unbranched alkanes of at least 4 members (excludes halogenated alkanes) is 18. The maximum absolute atomic E-state index is 8.67. The van der Waals surface area contributed by atoms with E-state index in [9.17, 15) is 0 Å². The van der Waals surface area contributed by atoms with Crippen LogP contribution in [0.15, 0.2) is 0 Å². The molecule has 0 fully saturated rings. The van der Waals surface area contributed by atoms with E-state index in [2.05, 4.69) is 11.7 Å². The summed E-state index contributed by atoms with van der Waals surface area (Å²) in [5.74, 6) is 1.47. The van der Waals surface area contributed by atoms with E-state index in [-0.39, 0.29) is 71.5 Å². The van der Waals surface area contributed by atoms with E-state index in [4.69, 9.17) is 91.2 Å². The minimum Gasteiger partial charge on any atom is -0.400 e. The predicted octanol–water partition coefficient (Wildman–Crippen LogP) is 2.02. The average molecular weight is 1040 g/mol. The zero-order valence-corrected chi connectivity index (χ0v) is 45.0. The molecule has 0 atom stereocenters. The first-order chi connectivity index (χ1) is 33.4. The molecule has 0 amide bonds. The van der Waals surface area contributed by atoms with E-state index in [0.717, 1.165) is 50.7 Å². The highest BCUT2D eigenvalue weighted by Crippen LogP contribution is 2.14. The first kappa shape index (κ1) is 85.4. The van der Waals surface area contributed by atoms with Gasteiger partial charge in [0, 0.05) is 43.9 Å². The van der Waals surface area contributed by atoms with Crippen LogP contribution < -0.4 is 0 Å². The van der Waals surface area contributed by atoms with Crippen molar-refractivity contribution in [2.45, 2.75) is 149 Å². The van der Waals surface area contributed by atoms with Crippen LogP contribution in [0.3, 0.4) is 0 Å². The van der Waals surface area contributed by atoms with Crippen molar-refractivity contribution < 1.29 is 95.9 Å². The summed E-state index contributed by atoms with van der Waals surface area (Å²) in [5.41, 5.74) is -1.42. The maximum atomic E-state index is 8.67. The van der Waals surface area contributed by atoms with Crippen molar-refractivity contribution in [2.24, 2.45) is 10.8 Å². The van der Waals surface area contributed by atoms with Gasteiger partial charge in [-0.25, -0.2) is 0 Å². The third-order valence-corrected chi connectivity index (χ3v) is 10.0. The summed E-state index contributed by atoms with van der Waals surface area (Å²) < 4.78 is 14.4. The highest BCUT2D eigenvalue weighted by molar-refractivity contribution is 7.99. The minimum absolute atomic E-state index is 0.0278. The summed E-state index contributed by atoms with van der Waals surface area (Å²) in [6, 6.07) is 0. The Bertz CT molecular complexity index is 678. The number of thioether (sulfide) groups is 1. The molecule has 20 heteroatoms. The Morgan fingerprint density at radius 1 is 0.290 bits per heavy atom. The Hall–Kier alpha value is -0.410. The fourth-order valence-electron chi connectivity index (χ4n) is 4.50. The second-order valence-electron chi connectivity index (χ2n) is 16.3. The second kappa shape index (κ2) is 87.3. The standard InChI is InChI=1S/C18H38O.C6H14O4.C6H14O2.C5H12O4.C5H12O2.C4H10O3.C4H10O2S.CH4O/c1-2-3-4-5-6-7-8-9-10-11-12-13-14-15-16-17-18-19;7-1-3-9-5-6-10-4-2-8;7-5-3-1-2-4-6-8;6-1-5(2-7,3-8)4-9;1-5(2,3-6)4-7;2*5-1-3-7-4-2-6;1-2/h19H,2-18H2,1H3;7-8H,1-6H2;7-8H,1-6H2;6-9H,1-4H2;6-7H,3-4H2,1-2H3;2*5-6H,1-4H2;2H,1H3. The lowest BCUT2D eigenvalue weighted by molar-refractivity contribution is -0.0328. The summed E-state index contributed by atoms with van der Waals surface area (Å²) in [5, 5.41) is 132. The number of aliphatic hydroxyl groups is 16. The van der Waals surface area contributed by atoms with E-state index in [1.54, 1.807) is 25.6 Å². The van der Waals surface area contributed by atoms with E-state index >= 15 is 0 Å². The maximum Gasteiger partial charge on any atom is 0.0701 e. The van der Waals surface area contributed by atoms with Gasteiger partial charge in [0.05, 0.1) is 124 Å². The van der Waals surface area contributed by atoms with Crippen molar-refractivity contribution in [2.75, 3.05) is 157 Å². The second-order valence-corrected chi connectivity index (χ2v) is 17.5. The van der Waals surface area contributed by atoms with Crippen molar-refractivity contribution in [1.29, 1.82) is 0 Å². The average Bonchev–Trinajstić information content (AvgIpc) is 3.38. The van der Waals surface area contributed by atoms with Crippen molar-refractivity contribution in [1.82, 2.24) is 0 Å². The van der Waals surface area contributed by atoms with Gasteiger partial charge >= 0.3 is 0 Å². The Morgan fingerprint density at radius 3 is 0.681 bits per heavy atom. The van der Waals surface area contributed by atoms with Gasteiger partial charge in [0.15, 0.2) is 0 Å². The van der Waals surface area contributed by atoms with Gasteiger partial charge in [-0.2, -0.15) is 11.8 Å². The van der Waals surface area contributed by atoms with Crippen LogP contribution in [-0.2, 0) is 14.2 Å². The number of ether oxygens (including phenoxy) is 3. The molecule has 0 unspecified atom stereocenters. The van der Waals surface area contributed by atoms with Gasteiger partial charge in [-0.1, -0.05) is 130 Å². The molecular weight excluding hydrogens is 925 g/mol. The molecule has 0 bridgehead atoms. The van der Waals surface area contributed by atoms with Crippen LogP contribution >= 0.6 is 11.8 Å². The third-order valence-electron chi connectivity index (χ3n) is 9.06. The number of hydrogen-bond acceptors (Lipinski definition) is 20. The van der Waals surface area contributed by atoms with Gasteiger partial charge in [-0.05, 0) is 19.3 Å². The zero-order valence-electron chi connectivity index (χ0n) is 44.2. The molecule has 0 aliphatic carbocycles. The van der Waals surface area contributed by atoms with Gasteiger partial charge in [0.25, 0.3) is 0 Å². The van der Waals surface area contributed by atoms with Crippen molar-refractivity contribution >= 4 is 11.8 Å². The number of aliphatic hydroxyl groups excluding tert-OH is 16. The van der Waals surface area contributed by atoms with Crippen LogP contribution in [-0.4, -0.2) is 239 Å². The fraction of sp³-hybridized carbons (Fsp3) is 1.00. The molecule has 0 rings (SSSR count). The summed E-state index contributed by atoms with van der Waals surface area (Å²) >= 11 is 1.55. The molecule has 69 heavy (non-hydrogen) atoms. The Balaban J connectivity index is -0.000000108. The van der Waals surface area contributed by atoms with E-state index < -0.39 is 31.8 Å². The smallest absolute Gasteiger partial charge is 0.0701 e. The largest absolute Gasteiger partial charge is 0.400 e. The predicted molar refractivity (Wildman–Crippen MR) is 278 cm³/mol. The van der Waals surface area contributed by atoms with Gasteiger partial charge in [0.1, 0.15) is 0 Å². The van der Waals surface area contributed by atoms with Crippen molar-refractivity contribution in [3.63, 3.8) is 0 Å². The molecule has 0 aromatic heterocycles. The minimum atomic E-state index is -1.11. The molecule has 0 aromatic carbocycles. The van der Waals surface area contributed by atoms with Crippen LogP contribution in [0.5, 0.6) is 0 Å². The Kier molecular flexibility index (Phi) is 108. The first-order valence-corrected chi connectivity index (χ1v) is 26.5. The van der Waals surface area contributed by atoms with Crippen LogP contribution in [0.2, 0.25) is 0 Å². The molecule has 0 saturated carbocycles. The van der Waals surface area contributed by atoms with Gasteiger partial charge in [-0.15, -0.1) is 0 Å². The highest BCUT2D eigenvalue weighted by atomic mass is 32.2. The fourth-order valence-corrected chi connectivity index (χ4v) is 4.96. The van der Waals surface area contributed by atoms with Crippen LogP contribution in [0, 0.1) is 10.8 Å². The van der Waals surface area contributed by atoms with Gasteiger partial charge in [-0.3, -0.25) is 0 Å². The molecule has 0 aliphatic heterocycles. The molecule has 0 saturated heterocycles. The van der Waals surface area contributed by atoms with Crippen LogP contribution in [0.4, 0.5) is 0 Å².